The molecular formula is C15H15N3O3. The van der Waals surface area contributed by atoms with Gasteiger partial charge in [0.1, 0.15) is 12.0 Å². The average Bonchev–Trinajstić information content (AvgIpc) is 2.58. The topological polar surface area (TPSA) is 56.7 Å². The molecule has 21 heavy (non-hydrogen) atoms. The zero-order chi connectivity index (χ0) is 14.8. The van der Waals surface area contributed by atoms with Crippen LogP contribution in [0.2, 0.25) is 0 Å². The molecule has 2 aromatic rings. The molecule has 3 rings (SSSR count). The fraction of sp³-hybridized carbons (Fsp3) is 0.0667. The summed E-state index contributed by atoms with van der Waals surface area (Å²) in [5.41, 5.74) is 0. The number of para-hydroxylation sites is 1. The molecule has 6 nitrogen and oxygen atoms in total. The van der Waals surface area contributed by atoms with Gasteiger partial charge in [-0.15, -0.1) is 0 Å². The van der Waals surface area contributed by atoms with E-state index < -0.39 is 0 Å². The van der Waals surface area contributed by atoms with Gasteiger partial charge in [0.25, 0.3) is 5.88 Å². The van der Waals surface area contributed by atoms with Gasteiger partial charge >= 0.3 is 0 Å². The smallest absolute Gasteiger partial charge is 0.260 e. The zero-order valence-corrected chi connectivity index (χ0v) is 11.5. The molecule has 1 aliphatic heterocycles. The Morgan fingerprint density at radius 3 is 2.29 bits per heavy atom. The lowest BCUT2D eigenvalue weighted by molar-refractivity contribution is -0.0934. The average molecular weight is 285 g/mol. The lowest BCUT2D eigenvalue weighted by Gasteiger charge is -2.22. The first-order chi connectivity index (χ1) is 10.4. The summed E-state index contributed by atoms with van der Waals surface area (Å²) < 4.78 is 10.5. The molecular weight excluding hydrogens is 270 g/mol. The van der Waals surface area contributed by atoms with Crippen LogP contribution in [-0.4, -0.2) is 22.4 Å². The summed E-state index contributed by atoms with van der Waals surface area (Å²) in [6, 6.07) is 13.1. The Hall–Kier alpha value is -2.86. The molecule has 0 unspecified atom stereocenters. The predicted molar refractivity (Wildman–Crippen MR) is 76.3 cm³/mol. The van der Waals surface area contributed by atoms with E-state index in [0.717, 1.165) is 5.75 Å². The molecule has 0 atom stereocenters. The molecule has 0 bridgehead atoms. The van der Waals surface area contributed by atoms with E-state index in [2.05, 4.69) is 10.2 Å². The molecule has 1 aromatic heterocycles. The van der Waals surface area contributed by atoms with E-state index in [1.54, 1.807) is 25.7 Å². The Labute approximate surface area is 122 Å². The van der Waals surface area contributed by atoms with Crippen molar-refractivity contribution in [1.29, 1.82) is 0 Å². The number of hydrogen-bond acceptors (Lipinski definition) is 6. The van der Waals surface area contributed by atoms with Crippen molar-refractivity contribution in [3.63, 3.8) is 0 Å². The number of rotatable bonds is 3. The van der Waals surface area contributed by atoms with Gasteiger partial charge in [-0.25, -0.2) is 0 Å². The van der Waals surface area contributed by atoms with E-state index in [1.165, 1.54) is 17.6 Å². The van der Waals surface area contributed by atoms with Crippen LogP contribution < -0.4 is 4.74 Å². The van der Waals surface area contributed by atoms with Crippen molar-refractivity contribution >= 4 is 0 Å². The molecule has 2 heterocycles. The molecule has 0 spiro atoms. The van der Waals surface area contributed by atoms with Gasteiger partial charge in [0.2, 0.25) is 0 Å². The normalized spacial score (nSPS) is 12.6. The first kappa shape index (κ1) is 14.5. The summed E-state index contributed by atoms with van der Waals surface area (Å²) in [5, 5.41) is 8.54. The molecule has 1 aliphatic rings. The third-order valence-electron chi connectivity index (χ3n) is 2.31. The van der Waals surface area contributed by atoms with E-state index in [4.69, 9.17) is 14.3 Å². The Bertz CT molecular complexity index is 547. The second kappa shape index (κ2) is 8.34. The molecule has 0 amide bonds. The summed E-state index contributed by atoms with van der Waals surface area (Å²) in [4.78, 5) is 5.05. The standard InChI is InChI=1S/C11H11NO3.C4H4N2/c1-13-12-7-8-14-9-11(12)15-10-5-3-2-4-6-10;1-2-4-6-5-3-1/h2-9H,1H3;1-4H. The first-order valence-corrected chi connectivity index (χ1v) is 6.20. The molecule has 0 saturated carbocycles. The highest BCUT2D eigenvalue weighted by Gasteiger charge is 2.12. The number of benzene rings is 1. The predicted octanol–water partition coefficient (Wildman–Crippen LogP) is 2.71. The van der Waals surface area contributed by atoms with Crippen molar-refractivity contribution in [3.8, 4) is 5.75 Å². The molecule has 0 radical (unpaired) electrons. The SMILES string of the molecule is CON1C=COC=C1Oc1ccccc1.c1ccnnc1. The highest BCUT2D eigenvalue weighted by molar-refractivity contribution is 5.23. The summed E-state index contributed by atoms with van der Waals surface area (Å²) in [6.45, 7) is 0. The van der Waals surface area contributed by atoms with Gasteiger partial charge in [0.05, 0.1) is 13.3 Å². The third kappa shape index (κ3) is 4.96. The van der Waals surface area contributed by atoms with Crippen LogP contribution in [0.3, 0.4) is 0 Å². The summed E-state index contributed by atoms with van der Waals surface area (Å²) in [6.07, 6.45) is 7.87. The fourth-order valence-electron chi connectivity index (χ4n) is 1.40. The van der Waals surface area contributed by atoms with Crippen LogP contribution in [0, 0.1) is 0 Å². The van der Waals surface area contributed by atoms with E-state index in [9.17, 15) is 0 Å². The van der Waals surface area contributed by atoms with Crippen LogP contribution in [0.5, 0.6) is 5.75 Å². The number of ether oxygens (including phenoxy) is 2. The number of hydroxylamine groups is 2. The molecule has 6 heteroatoms. The van der Waals surface area contributed by atoms with Gasteiger partial charge in [-0.05, 0) is 24.3 Å². The maximum Gasteiger partial charge on any atom is 0.260 e. The highest BCUT2D eigenvalue weighted by atomic mass is 16.7. The third-order valence-corrected chi connectivity index (χ3v) is 2.31. The van der Waals surface area contributed by atoms with Gasteiger partial charge < -0.3 is 9.47 Å². The molecule has 108 valence electrons. The van der Waals surface area contributed by atoms with E-state index in [-0.39, 0.29) is 0 Å². The van der Waals surface area contributed by atoms with Gasteiger partial charge in [-0.3, -0.25) is 4.84 Å². The van der Waals surface area contributed by atoms with Crippen LogP contribution in [-0.2, 0) is 9.57 Å². The van der Waals surface area contributed by atoms with Crippen molar-refractivity contribution in [2.24, 2.45) is 0 Å². The maximum absolute atomic E-state index is 5.54. The lowest BCUT2D eigenvalue weighted by atomic mass is 10.3. The van der Waals surface area contributed by atoms with Crippen LogP contribution in [0.1, 0.15) is 0 Å². The quantitative estimate of drug-likeness (QED) is 0.864. The number of nitrogens with zero attached hydrogens (tertiary/aromatic N) is 3. The summed E-state index contributed by atoms with van der Waals surface area (Å²) >= 11 is 0. The lowest BCUT2D eigenvalue weighted by Crippen LogP contribution is -2.21. The molecule has 0 fully saturated rings. The van der Waals surface area contributed by atoms with Gasteiger partial charge in [0, 0.05) is 12.4 Å². The minimum absolute atomic E-state index is 0.478. The minimum Gasteiger partial charge on any atom is -0.465 e. The Balaban J connectivity index is 0.000000225. The van der Waals surface area contributed by atoms with Gasteiger partial charge in [-0.2, -0.15) is 15.3 Å². The Morgan fingerprint density at radius 1 is 1.00 bits per heavy atom. The van der Waals surface area contributed by atoms with Crippen LogP contribution in [0.15, 0.2) is 79.5 Å². The van der Waals surface area contributed by atoms with Crippen molar-refractivity contribution in [3.05, 3.63) is 79.5 Å². The highest BCUT2D eigenvalue weighted by Crippen LogP contribution is 2.17. The second-order valence-corrected chi connectivity index (χ2v) is 3.71. The van der Waals surface area contributed by atoms with Crippen molar-refractivity contribution < 1.29 is 14.3 Å². The van der Waals surface area contributed by atoms with Crippen molar-refractivity contribution in [2.75, 3.05) is 7.11 Å². The number of aromatic nitrogens is 2. The zero-order valence-electron chi connectivity index (χ0n) is 11.5. The van der Waals surface area contributed by atoms with Crippen molar-refractivity contribution in [2.45, 2.75) is 0 Å². The molecule has 0 saturated heterocycles. The van der Waals surface area contributed by atoms with Gasteiger partial charge in [-0.1, -0.05) is 18.2 Å². The van der Waals surface area contributed by atoms with Crippen LogP contribution in [0.25, 0.3) is 0 Å². The summed E-state index contributed by atoms with van der Waals surface area (Å²) in [5.74, 6) is 1.20. The molecule has 0 aliphatic carbocycles. The largest absolute Gasteiger partial charge is 0.465 e. The monoisotopic (exact) mass is 285 g/mol. The van der Waals surface area contributed by atoms with E-state index in [0.29, 0.717) is 5.88 Å². The van der Waals surface area contributed by atoms with Gasteiger partial charge in [0.15, 0.2) is 6.26 Å². The molecule has 0 N–H and O–H groups in total. The first-order valence-electron chi connectivity index (χ1n) is 6.20. The number of hydrogen-bond donors (Lipinski definition) is 0. The van der Waals surface area contributed by atoms with E-state index in [1.807, 2.05) is 42.5 Å². The minimum atomic E-state index is 0.478. The second-order valence-electron chi connectivity index (χ2n) is 3.71. The molecule has 1 aromatic carbocycles. The Kier molecular flexibility index (Phi) is 5.78. The maximum atomic E-state index is 5.54. The Morgan fingerprint density at radius 2 is 1.71 bits per heavy atom. The van der Waals surface area contributed by atoms with Crippen molar-refractivity contribution in [1.82, 2.24) is 15.3 Å². The fourth-order valence-corrected chi connectivity index (χ4v) is 1.40. The van der Waals surface area contributed by atoms with E-state index >= 15 is 0 Å². The van der Waals surface area contributed by atoms with Crippen LogP contribution >= 0.6 is 0 Å². The van der Waals surface area contributed by atoms with Crippen LogP contribution in [0.4, 0.5) is 0 Å². The summed E-state index contributed by atoms with van der Waals surface area (Å²) in [7, 11) is 1.55.